The van der Waals surface area contributed by atoms with Gasteiger partial charge in [-0.15, -0.1) is 0 Å². The molecule has 1 N–H and O–H groups in total. The van der Waals surface area contributed by atoms with Crippen LogP contribution in [0.4, 0.5) is 5.69 Å². The Labute approximate surface area is 182 Å². The molecule has 31 heavy (non-hydrogen) atoms. The van der Waals surface area contributed by atoms with E-state index in [-0.39, 0.29) is 11.5 Å². The number of fused-ring (bicyclic) bond motifs is 3. The first-order valence-corrected chi connectivity index (χ1v) is 10.8. The maximum Gasteiger partial charge on any atom is 0.325 e. The Balaban J connectivity index is 2.01. The van der Waals surface area contributed by atoms with Crippen LogP contribution in [0.5, 0.6) is 5.75 Å². The van der Waals surface area contributed by atoms with Crippen molar-refractivity contribution in [1.29, 1.82) is 0 Å². The number of amides is 1. The minimum atomic E-state index is -0.726. The molecule has 2 heterocycles. The SMILES string of the molecule is CCSc1n[n+]2c(c(=O)[nH]1)-c1ccccc1N(C(C)=O)C2c1cccc(OC(C)=O)c1. The van der Waals surface area contributed by atoms with Gasteiger partial charge in [-0.25, -0.2) is 4.90 Å². The van der Waals surface area contributed by atoms with E-state index in [9.17, 15) is 14.4 Å². The maximum absolute atomic E-state index is 13.1. The third-order valence-corrected chi connectivity index (χ3v) is 5.54. The van der Waals surface area contributed by atoms with Crippen LogP contribution in [-0.2, 0) is 9.59 Å². The molecule has 4 rings (SSSR count). The number of H-pyrrole nitrogens is 1. The monoisotopic (exact) mass is 437 g/mol. The summed E-state index contributed by atoms with van der Waals surface area (Å²) in [5.74, 6) is 0.420. The van der Waals surface area contributed by atoms with Crippen LogP contribution in [0.15, 0.2) is 58.5 Å². The van der Waals surface area contributed by atoms with E-state index < -0.39 is 12.1 Å². The summed E-state index contributed by atoms with van der Waals surface area (Å²) in [6, 6.07) is 14.1. The van der Waals surface area contributed by atoms with Crippen LogP contribution in [0.25, 0.3) is 11.3 Å². The number of benzene rings is 2. The molecule has 9 heteroatoms. The molecular formula is C22H21N4O4S+. The van der Waals surface area contributed by atoms with E-state index in [1.165, 1.54) is 25.6 Å². The predicted octanol–water partition coefficient (Wildman–Crippen LogP) is 2.68. The van der Waals surface area contributed by atoms with Gasteiger partial charge in [-0.1, -0.05) is 36.9 Å². The number of nitrogens with zero attached hydrogens (tertiary/aromatic N) is 3. The number of hydrogen-bond donors (Lipinski definition) is 1. The number of carbonyl (C=O) groups excluding carboxylic acids is 2. The molecular weight excluding hydrogens is 416 g/mol. The summed E-state index contributed by atoms with van der Waals surface area (Å²) in [5, 5.41) is 5.12. The Bertz CT molecular complexity index is 1240. The third kappa shape index (κ3) is 3.84. The van der Waals surface area contributed by atoms with E-state index in [0.717, 1.165) is 5.75 Å². The highest BCUT2D eigenvalue weighted by Gasteiger charge is 2.44. The summed E-state index contributed by atoms with van der Waals surface area (Å²) in [6.45, 7) is 4.76. The van der Waals surface area contributed by atoms with Crippen LogP contribution in [-0.4, -0.2) is 27.7 Å². The number of para-hydroxylation sites is 1. The number of hydrogen-bond acceptors (Lipinski definition) is 6. The van der Waals surface area contributed by atoms with E-state index in [4.69, 9.17) is 4.74 Å². The molecule has 1 unspecified atom stereocenters. The molecule has 1 aliphatic rings. The maximum atomic E-state index is 13.1. The topological polar surface area (TPSA) is 96.2 Å². The molecule has 2 aromatic carbocycles. The summed E-state index contributed by atoms with van der Waals surface area (Å²) >= 11 is 1.40. The fourth-order valence-corrected chi connectivity index (χ4v) is 4.30. The number of aromatic amines is 1. The second-order valence-electron chi connectivity index (χ2n) is 6.93. The number of ether oxygens (including phenoxy) is 1. The first-order valence-electron chi connectivity index (χ1n) is 9.77. The highest BCUT2D eigenvalue weighted by Crippen LogP contribution is 2.37. The molecule has 8 nitrogen and oxygen atoms in total. The average Bonchev–Trinajstić information content (AvgIpc) is 2.72. The van der Waals surface area contributed by atoms with Crippen LogP contribution in [0.1, 0.15) is 32.5 Å². The normalized spacial score (nSPS) is 14.5. The number of esters is 1. The van der Waals surface area contributed by atoms with Gasteiger partial charge in [-0.2, -0.15) is 0 Å². The van der Waals surface area contributed by atoms with Crippen molar-refractivity contribution in [1.82, 2.24) is 10.1 Å². The number of carbonyl (C=O) groups is 2. The number of nitrogens with one attached hydrogen (secondary N) is 1. The molecule has 1 amide bonds. The first-order chi connectivity index (χ1) is 14.9. The van der Waals surface area contributed by atoms with E-state index in [2.05, 4.69) is 10.1 Å². The predicted molar refractivity (Wildman–Crippen MR) is 116 cm³/mol. The number of rotatable bonds is 4. The lowest BCUT2D eigenvalue weighted by atomic mass is 10.0. The highest BCUT2D eigenvalue weighted by molar-refractivity contribution is 7.99. The van der Waals surface area contributed by atoms with Crippen LogP contribution < -0.4 is 19.9 Å². The van der Waals surface area contributed by atoms with Gasteiger partial charge in [0.05, 0.1) is 11.3 Å². The largest absolute Gasteiger partial charge is 0.427 e. The van der Waals surface area contributed by atoms with Gasteiger partial charge in [0, 0.05) is 24.5 Å². The Morgan fingerprint density at radius 1 is 1.19 bits per heavy atom. The van der Waals surface area contributed by atoms with Gasteiger partial charge < -0.3 is 4.74 Å². The smallest absolute Gasteiger partial charge is 0.325 e. The summed E-state index contributed by atoms with van der Waals surface area (Å²) < 4.78 is 6.82. The molecule has 158 valence electrons. The van der Waals surface area contributed by atoms with Gasteiger partial charge in [0.15, 0.2) is 0 Å². The Morgan fingerprint density at radius 3 is 2.68 bits per heavy atom. The molecule has 0 saturated heterocycles. The zero-order valence-corrected chi connectivity index (χ0v) is 18.1. The highest BCUT2D eigenvalue weighted by atomic mass is 32.2. The van der Waals surface area contributed by atoms with E-state index >= 15 is 0 Å². The molecule has 1 atom stereocenters. The van der Waals surface area contributed by atoms with Crippen molar-refractivity contribution in [3.63, 3.8) is 0 Å². The molecule has 0 spiro atoms. The van der Waals surface area contributed by atoms with Crippen molar-refractivity contribution in [2.75, 3.05) is 10.7 Å². The Kier molecular flexibility index (Phi) is 5.60. The van der Waals surface area contributed by atoms with Gasteiger partial charge in [-0.05, 0) is 40.8 Å². The van der Waals surface area contributed by atoms with Crippen molar-refractivity contribution in [3.05, 3.63) is 64.4 Å². The van der Waals surface area contributed by atoms with Crippen molar-refractivity contribution >= 4 is 29.3 Å². The van der Waals surface area contributed by atoms with Crippen molar-refractivity contribution in [2.24, 2.45) is 0 Å². The molecule has 1 aromatic heterocycles. The summed E-state index contributed by atoms with van der Waals surface area (Å²) in [7, 11) is 0. The number of thioether (sulfide) groups is 1. The lowest BCUT2D eigenvalue weighted by molar-refractivity contribution is -0.763. The molecule has 3 aromatic rings. The fourth-order valence-electron chi connectivity index (χ4n) is 3.72. The van der Waals surface area contributed by atoms with Crippen molar-refractivity contribution in [3.8, 4) is 17.0 Å². The van der Waals surface area contributed by atoms with E-state index in [1.54, 1.807) is 39.9 Å². The molecule has 1 aliphatic heterocycles. The van der Waals surface area contributed by atoms with E-state index in [0.29, 0.717) is 33.4 Å². The van der Waals surface area contributed by atoms with Gasteiger partial charge in [0.25, 0.3) is 6.17 Å². The number of anilines is 1. The summed E-state index contributed by atoms with van der Waals surface area (Å²) in [5.41, 5.74) is 1.95. The molecule has 0 saturated carbocycles. The lowest BCUT2D eigenvalue weighted by Crippen LogP contribution is -2.60. The Hall–Kier alpha value is -3.46. The first kappa shape index (κ1) is 20.8. The summed E-state index contributed by atoms with van der Waals surface area (Å²) in [6.07, 6.45) is -0.726. The standard InChI is InChI=1S/C22H20N4O4S/c1-4-31-22-23-20(29)19-17-10-5-6-11-18(17)25(13(2)27)21(26(19)24-22)15-8-7-9-16(12-15)30-14(3)28/h5-12,21H,4H2,1-3H3/p+1. The molecule has 0 radical (unpaired) electrons. The zero-order valence-electron chi connectivity index (χ0n) is 17.3. The van der Waals surface area contributed by atoms with Crippen LogP contribution in [0.3, 0.4) is 0 Å². The fraction of sp³-hybridized carbons (Fsp3) is 0.227. The van der Waals surface area contributed by atoms with Crippen LogP contribution in [0.2, 0.25) is 0 Å². The Morgan fingerprint density at radius 2 is 1.97 bits per heavy atom. The minimum Gasteiger partial charge on any atom is -0.427 e. The average molecular weight is 438 g/mol. The number of aromatic nitrogens is 3. The third-order valence-electron chi connectivity index (χ3n) is 4.80. The molecule has 0 bridgehead atoms. The van der Waals surface area contributed by atoms with Crippen LogP contribution >= 0.6 is 11.8 Å². The van der Waals surface area contributed by atoms with Gasteiger partial charge in [0.2, 0.25) is 11.1 Å². The lowest BCUT2D eigenvalue weighted by Gasteiger charge is -2.31. The quantitative estimate of drug-likeness (QED) is 0.292. The van der Waals surface area contributed by atoms with Gasteiger partial charge >= 0.3 is 17.2 Å². The van der Waals surface area contributed by atoms with Gasteiger partial charge in [-0.3, -0.25) is 19.4 Å². The molecule has 0 aliphatic carbocycles. The summed E-state index contributed by atoms with van der Waals surface area (Å²) in [4.78, 5) is 41.8. The minimum absolute atomic E-state index is 0.208. The van der Waals surface area contributed by atoms with Crippen molar-refractivity contribution in [2.45, 2.75) is 32.1 Å². The second-order valence-corrected chi connectivity index (χ2v) is 8.18. The zero-order chi connectivity index (χ0) is 22.1. The second kappa shape index (κ2) is 8.35. The van der Waals surface area contributed by atoms with Gasteiger partial charge in [0.1, 0.15) is 5.75 Å². The van der Waals surface area contributed by atoms with Crippen molar-refractivity contribution < 1.29 is 19.0 Å². The van der Waals surface area contributed by atoms with Crippen LogP contribution in [0, 0.1) is 0 Å². The van der Waals surface area contributed by atoms with E-state index in [1.807, 2.05) is 25.1 Å². The molecule has 0 fully saturated rings.